The molecule has 1 heterocycles. The van der Waals surface area contributed by atoms with Crippen molar-refractivity contribution in [2.24, 2.45) is 0 Å². The van der Waals surface area contributed by atoms with Gasteiger partial charge in [0.2, 0.25) is 0 Å². The van der Waals surface area contributed by atoms with Crippen molar-refractivity contribution >= 4 is 39.1 Å². The summed E-state index contributed by atoms with van der Waals surface area (Å²) in [6, 6.07) is 9.01. The van der Waals surface area contributed by atoms with Crippen LogP contribution in [0.2, 0.25) is 0 Å². The van der Waals surface area contributed by atoms with Crippen molar-refractivity contribution in [1.82, 2.24) is 15.1 Å². The molecule has 1 aromatic carbocycles. The number of thiocarbonyl (C=S) groups is 1. The number of hydrogen-bond acceptors (Lipinski definition) is 2. The van der Waals surface area contributed by atoms with Gasteiger partial charge in [-0.2, -0.15) is 5.10 Å². The third kappa shape index (κ3) is 4.04. The summed E-state index contributed by atoms with van der Waals surface area (Å²) in [5.74, 6) is 0.750. The fourth-order valence-corrected chi connectivity index (χ4v) is 2.68. The topological polar surface area (TPSA) is 41.9 Å². The maximum Gasteiger partial charge on any atom is 0.172 e. The number of rotatable bonds is 4. The van der Waals surface area contributed by atoms with Gasteiger partial charge in [0.05, 0.1) is 11.0 Å². The van der Waals surface area contributed by atoms with E-state index in [0.29, 0.717) is 11.2 Å². The van der Waals surface area contributed by atoms with E-state index >= 15 is 0 Å². The van der Waals surface area contributed by atoms with Crippen molar-refractivity contribution in [1.29, 1.82) is 0 Å². The van der Waals surface area contributed by atoms with Gasteiger partial charge in [-0.05, 0) is 53.5 Å². The fourth-order valence-electron chi connectivity index (χ4n) is 2.00. The minimum atomic E-state index is 0.540. The summed E-state index contributed by atoms with van der Waals surface area (Å²) in [7, 11) is 0. The molecule has 0 radical (unpaired) electrons. The summed E-state index contributed by atoms with van der Waals surface area (Å²) in [5.41, 5.74) is 2.49. The van der Waals surface area contributed by atoms with Crippen LogP contribution in [0.25, 0.3) is 0 Å². The highest BCUT2D eigenvalue weighted by atomic mass is 79.9. The largest absolute Gasteiger partial charge is 0.360 e. The van der Waals surface area contributed by atoms with Gasteiger partial charge in [-0.3, -0.25) is 4.68 Å². The smallest absolute Gasteiger partial charge is 0.172 e. The molecule has 1 fully saturated rings. The number of aryl methyl sites for hydroxylation is 1. The average Bonchev–Trinajstić information content (AvgIpc) is 3.18. The molecule has 0 unspecified atom stereocenters. The van der Waals surface area contributed by atoms with Gasteiger partial charge in [0.25, 0.3) is 0 Å². The van der Waals surface area contributed by atoms with Crippen LogP contribution in [-0.4, -0.2) is 20.9 Å². The summed E-state index contributed by atoms with van der Waals surface area (Å²) in [4.78, 5) is 0. The molecule has 4 nitrogen and oxygen atoms in total. The Hall–Kier alpha value is -1.40. The van der Waals surface area contributed by atoms with Gasteiger partial charge in [-0.15, -0.1) is 0 Å². The Bertz CT molecular complexity index is 646. The minimum Gasteiger partial charge on any atom is -0.360 e. The lowest BCUT2D eigenvalue weighted by atomic mass is 10.1. The van der Waals surface area contributed by atoms with E-state index in [-0.39, 0.29) is 0 Å². The minimum absolute atomic E-state index is 0.540. The molecular formula is C15H17BrN4S. The Morgan fingerprint density at radius 2 is 2.10 bits per heavy atom. The second kappa shape index (κ2) is 6.15. The number of anilines is 1. The molecule has 2 N–H and O–H groups in total. The van der Waals surface area contributed by atoms with Crippen molar-refractivity contribution in [2.45, 2.75) is 32.4 Å². The van der Waals surface area contributed by atoms with Crippen LogP contribution in [-0.2, 0) is 6.54 Å². The van der Waals surface area contributed by atoms with E-state index in [1.807, 2.05) is 10.9 Å². The van der Waals surface area contributed by atoms with Crippen LogP contribution in [0.5, 0.6) is 0 Å². The molecule has 1 saturated carbocycles. The molecule has 2 aromatic rings. The van der Waals surface area contributed by atoms with E-state index in [2.05, 4.69) is 62.9 Å². The molecule has 0 amide bonds. The number of nitrogens with zero attached hydrogens (tertiary/aromatic N) is 2. The molecule has 1 aliphatic carbocycles. The monoisotopic (exact) mass is 364 g/mol. The predicted octanol–water partition coefficient (Wildman–Crippen LogP) is 3.45. The number of nitrogens with one attached hydrogen (secondary N) is 2. The zero-order chi connectivity index (χ0) is 14.8. The van der Waals surface area contributed by atoms with Gasteiger partial charge < -0.3 is 10.6 Å². The molecule has 0 aliphatic heterocycles. The maximum atomic E-state index is 5.27. The fraction of sp³-hybridized carbons (Fsp3) is 0.333. The molecule has 6 heteroatoms. The van der Waals surface area contributed by atoms with Gasteiger partial charge in [0, 0.05) is 12.2 Å². The van der Waals surface area contributed by atoms with Crippen LogP contribution in [0.1, 0.15) is 24.0 Å². The van der Waals surface area contributed by atoms with E-state index in [9.17, 15) is 0 Å². The predicted molar refractivity (Wildman–Crippen MR) is 92.6 cm³/mol. The molecule has 0 bridgehead atoms. The molecular weight excluding hydrogens is 348 g/mol. The molecule has 0 spiro atoms. The third-order valence-electron chi connectivity index (χ3n) is 3.33. The van der Waals surface area contributed by atoms with Crippen molar-refractivity contribution in [3.8, 4) is 0 Å². The zero-order valence-electron chi connectivity index (χ0n) is 11.8. The van der Waals surface area contributed by atoms with Crippen LogP contribution in [0.4, 0.5) is 5.82 Å². The summed E-state index contributed by atoms with van der Waals surface area (Å²) in [5, 5.41) is 11.5. The lowest BCUT2D eigenvalue weighted by Crippen LogP contribution is -2.30. The number of benzene rings is 1. The molecule has 110 valence electrons. The van der Waals surface area contributed by atoms with E-state index < -0.39 is 0 Å². The number of hydrogen-bond donors (Lipinski definition) is 2. The lowest BCUT2D eigenvalue weighted by Gasteiger charge is -2.07. The number of halogens is 1. The van der Waals surface area contributed by atoms with Gasteiger partial charge in [-0.1, -0.05) is 29.8 Å². The Morgan fingerprint density at radius 1 is 1.38 bits per heavy atom. The van der Waals surface area contributed by atoms with Crippen molar-refractivity contribution in [3.05, 3.63) is 46.1 Å². The Labute approximate surface area is 138 Å². The average molecular weight is 365 g/mol. The highest BCUT2D eigenvalue weighted by molar-refractivity contribution is 9.10. The molecule has 0 saturated heterocycles. The third-order valence-corrected chi connectivity index (χ3v) is 4.13. The first-order valence-corrected chi connectivity index (χ1v) is 8.16. The van der Waals surface area contributed by atoms with Gasteiger partial charge in [-0.25, -0.2) is 0 Å². The van der Waals surface area contributed by atoms with Crippen LogP contribution in [0.15, 0.2) is 34.9 Å². The summed E-state index contributed by atoms with van der Waals surface area (Å²) < 4.78 is 2.81. The molecule has 0 atom stereocenters. The maximum absolute atomic E-state index is 5.27. The second-order valence-electron chi connectivity index (χ2n) is 5.38. The number of aromatic nitrogens is 2. The summed E-state index contributed by atoms with van der Waals surface area (Å²) in [6.07, 6.45) is 4.36. The second-order valence-corrected chi connectivity index (χ2v) is 6.64. The lowest BCUT2D eigenvalue weighted by molar-refractivity contribution is 0.689. The summed E-state index contributed by atoms with van der Waals surface area (Å²) in [6.45, 7) is 2.83. The Kier molecular flexibility index (Phi) is 4.26. The first-order valence-electron chi connectivity index (χ1n) is 6.96. The Balaban J connectivity index is 1.65. The van der Waals surface area contributed by atoms with Gasteiger partial charge >= 0.3 is 0 Å². The molecule has 21 heavy (non-hydrogen) atoms. The van der Waals surface area contributed by atoms with E-state index in [1.54, 1.807) is 0 Å². The van der Waals surface area contributed by atoms with Gasteiger partial charge in [0.1, 0.15) is 0 Å². The first-order chi connectivity index (χ1) is 10.1. The van der Waals surface area contributed by atoms with E-state index in [4.69, 9.17) is 12.2 Å². The molecule has 1 aromatic heterocycles. The standard InChI is InChI=1S/C15H17BrN4S/c1-10-2-4-11(5-3-10)8-20-9-13(16)14(19-20)18-15(21)17-12-6-7-12/h2-5,9,12H,6-8H2,1H3,(H2,17,18,19,21). The van der Waals surface area contributed by atoms with Crippen LogP contribution in [0, 0.1) is 6.92 Å². The first kappa shape index (κ1) is 14.5. The van der Waals surface area contributed by atoms with Crippen LogP contribution >= 0.6 is 28.1 Å². The van der Waals surface area contributed by atoms with Crippen molar-refractivity contribution in [3.63, 3.8) is 0 Å². The SMILES string of the molecule is Cc1ccc(Cn2cc(Br)c(NC(=S)NC3CC3)n2)cc1. The van der Waals surface area contributed by atoms with E-state index in [1.165, 1.54) is 24.0 Å². The molecule has 1 aliphatic rings. The van der Waals surface area contributed by atoms with E-state index in [0.717, 1.165) is 16.8 Å². The highest BCUT2D eigenvalue weighted by Crippen LogP contribution is 2.22. The summed E-state index contributed by atoms with van der Waals surface area (Å²) >= 11 is 8.79. The quantitative estimate of drug-likeness (QED) is 0.815. The highest BCUT2D eigenvalue weighted by Gasteiger charge is 2.22. The zero-order valence-corrected chi connectivity index (χ0v) is 14.2. The van der Waals surface area contributed by atoms with Crippen molar-refractivity contribution in [2.75, 3.05) is 5.32 Å². The van der Waals surface area contributed by atoms with Crippen LogP contribution in [0.3, 0.4) is 0 Å². The molecule has 3 rings (SSSR count). The van der Waals surface area contributed by atoms with Gasteiger partial charge in [0.15, 0.2) is 10.9 Å². The van der Waals surface area contributed by atoms with Crippen molar-refractivity contribution < 1.29 is 0 Å². The van der Waals surface area contributed by atoms with Crippen LogP contribution < -0.4 is 10.6 Å². The Morgan fingerprint density at radius 3 is 2.76 bits per heavy atom. The normalized spacial score (nSPS) is 14.0.